The van der Waals surface area contributed by atoms with Gasteiger partial charge in [-0.3, -0.25) is 10.1 Å². The Morgan fingerprint density at radius 1 is 1.03 bits per heavy atom. The Balaban J connectivity index is 1.56. The number of aromatic nitrogens is 2. The minimum Gasteiger partial charge on any atom is -0.444 e. The molecule has 0 fully saturated rings. The highest BCUT2D eigenvalue weighted by Crippen LogP contribution is 2.18. The van der Waals surface area contributed by atoms with E-state index < -0.39 is 11.7 Å². The van der Waals surface area contributed by atoms with Gasteiger partial charge in [0.25, 0.3) is 0 Å². The van der Waals surface area contributed by atoms with E-state index in [1.807, 2.05) is 24.3 Å². The summed E-state index contributed by atoms with van der Waals surface area (Å²) in [6.45, 7) is 5.85. The van der Waals surface area contributed by atoms with E-state index >= 15 is 0 Å². The number of hydrogen-bond donors (Lipinski definition) is 2. The summed E-state index contributed by atoms with van der Waals surface area (Å²) < 4.78 is 6.91. The van der Waals surface area contributed by atoms with E-state index in [1.54, 1.807) is 62.0 Å². The quantitative estimate of drug-likeness (QED) is 0.557. The molecule has 0 saturated carbocycles. The molecular weight excluding hydrogens is 416 g/mol. The van der Waals surface area contributed by atoms with Crippen molar-refractivity contribution in [1.82, 2.24) is 9.78 Å². The number of ether oxygens (including phenoxy) is 1. The molecule has 0 saturated heterocycles. The molecule has 0 aliphatic carbocycles. The number of rotatable bonds is 6. The number of anilines is 2. The number of halogens is 1. The molecule has 7 nitrogen and oxygen atoms in total. The average Bonchev–Trinajstić information content (AvgIpc) is 3.10. The molecule has 0 aliphatic heterocycles. The topological polar surface area (TPSA) is 85.2 Å². The summed E-state index contributed by atoms with van der Waals surface area (Å²) in [5.74, 6) is 0.418. The third-order valence-electron chi connectivity index (χ3n) is 4.23. The van der Waals surface area contributed by atoms with Gasteiger partial charge in [0, 0.05) is 16.8 Å². The van der Waals surface area contributed by atoms with Gasteiger partial charge >= 0.3 is 6.09 Å². The average molecular weight is 441 g/mol. The van der Waals surface area contributed by atoms with Crippen molar-refractivity contribution in [3.05, 3.63) is 76.9 Å². The fourth-order valence-electron chi connectivity index (χ4n) is 2.85. The Kier molecular flexibility index (Phi) is 6.97. The van der Waals surface area contributed by atoms with Crippen LogP contribution in [0.15, 0.2) is 60.8 Å². The van der Waals surface area contributed by atoms with E-state index in [0.29, 0.717) is 23.1 Å². The summed E-state index contributed by atoms with van der Waals surface area (Å²) >= 11 is 6.22. The van der Waals surface area contributed by atoms with Gasteiger partial charge in [0.2, 0.25) is 5.91 Å². The van der Waals surface area contributed by atoms with Crippen LogP contribution in [-0.4, -0.2) is 27.4 Å². The van der Waals surface area contributed by atoms with Crippen LogP contribution in [0.4, 0.5) is 16.3 Å². The van der Waals surface area contributed by atoms with E-state index in [-0.39, 0.29) is 12.3 Å². The van der Waals surface area contributed by atoms with Crippen LogP contribution in [0.25, 0.3) is 0 Å². The molecule has 0 atom stereocenters. The molecule has 2 amide bonds. The zero-order valence-corrected chi connectivity index (χ0v) is 18.4. The highest BCUT2D eigenvalue weighted by molar-refractivity contribution is 6.31. The van der Waals surface area contributed by atoms with Gasteiger partial charge in [-0.2, -0.15) is 5.10 Å². The zero-order chi connectivity index (χ0) is 22.4. The van der Waals surface area contributed by atoms with Crippen LogP contribution in [0.2, 0.25) is 5.02 Å². The summed E-state index contributed by atoms with van der Waals surface area (Å²) in [6, 6.07) is 16.3. The molecule has 0 radical (unpaired) electrons. The van der Waals surface area contributed by atoms with Crippen LogP contribution in [0.3, 0.4) is 0 Å². The van der Waals surface area contributed by atoms with Crippen LogP contribution < -0.4 is 10.6 Å². The molecule has 8 heteroatoms. The van der Waals surface area contributed by atoms with Gasteiger partial charge < -0.3 is 10.1 Å². The summed E-state index contributed by atoms with van der Waals surface area (Å²) in [4.78, 5) is 24.3. The fraction of sp³-hybridized carbons (Fsp3) is 0.261. The maximum atomic E-state index is 12.5. The highest BCUT2D eigenvalue weighted by Gasteiger charge is 2.16. The lowest BCUT2D eigenvalue weighted by Crippen LogP contribution is -2.27. The summed E-state index contributed by atoms with van der Waals surface area (Å²) in [7, 11) is 0. The van der Waals surface area contributed by atoms with Crippen molar-refractivity contribution in [1.29, 1.82) is 0 Å². The van der Waals surface area contributed by atoms with E-state index in [0.717, 1.165) is 11.1 Å². The standard InChI is InChI=1S/C23H25ClN4O3/c1-23(2,3)31-22(30)26-18-10-8-16(9-11-18)14-21(29)27-20-12-13-25-28(20)15-17-6-4-5-7-19(17)24/h4-13H,14-15H2,1-3H3,(H,26,30)(H,27,29). The van der Waals surface area contributed by atoms with Gasteiger partial charge in [-0.1, -0.05) is 41.9 Å². The van der Waals surface area contributed by atoms with Crippen molar-refractivity contribution >= 4 is 35.1 Å². The lowest BCUT2D eigenvalue weighted by Gasteiger charge is -2.19. The maximum Gasteiger partial charge on any atom is 0.412 e. The molecule has 31 heavy (non-hydrogen) atoms. The summed E-state index contributed by atoms with van der Waals surface area (Å²) in [5.41, 5.74) is 1.75. The molecule has 3 rings (SSSR count). The Morgan fingerprint density at radius 3 is 2.42 bits per heavy atom. The van der Waals surface area contributed by atoms with E-state index in [2.05, 4.69) is 15.7 Å². The molecule has 162 valence electrons. The van der Waals surface area contributed by atoms with Crippen LogP contribution in [0.5, 0.6) is 0 Å². The smallest absolute Gasteiger partial charge is 0.412 e. The molecule has 1 aromatic heterocycles. The van der Waals surface area contributed by atoms with Gasteiger partial charge in [0.1, 0.15) is 11.4 Å². The molecule has 2 aromatic carbocycles. The normalized spacial score (nSPS) is 11.1. The Labute approximate surface area is 186 Å². The Bertz CT molecular complexity index is 1060. The molecule has 0 unspecified atom stereocenters. The predicted octanol–water partition coefficient (Wildman–Crippen LogP) is 5.11. The van der Waals surface area contributed by atoms with E-state index in [1.165, 1.54) is 0 Å². The second-order valence-electron chi connectivity index (χ2n) is 8.01. The first-order chi connectivity index (χ1) is 14.7. The van der Waals surface area contributed by atoms with E-state index in [4.69, 9.17) is 16.3 Å². The van der Waals surface area contributed by atoms with E-state index in [9.17, 15) is 9.59 Å². The Hall–Kier alpha value is -3.32. The second kappa shape index (κ2) is 9.66. The summed E-state index contributed by atoms with van der Waals surface area (Å²) in [6.07, 6.45) is 1.29. The van der Waals surface area contributed by atoms with Gasteiger partial charge in [-0.05, 0) is 50.1 Å². The zero-order valence-electron chi connectivity index (χ0n) is 17.7. The monoisotopic (exact) mass is 440 g/mol. The molecule has 3 aromatic rings. The fourth-order valence-corrected chi connectivity index (χ4v) is 3.05. The van der Waals surface area contributed by atoms with Gasteiger partial charge in [-0.15, -0.1) is 0 Å². The van der Waals surface area contributed by atoms with Crippen molar-refractivity contribution in [2.75, 3.05) is 10.6 Å². The van der Waals surface area contributed by atoms with Crippen LogP contribution in [-0.2, 0) is 22.5 Å². The number of carbonyl (C=O) groups excluding carboxylic acids is 2. The highest BCUT2D eigenvalue weighted by atomic mass is 35.5. The first-order valence-electron chi connectivity index (χ1n) is 9.83. The molecule has 2 N–H and O–H groups in total. The Morgan fingerprint density at radius 2 is 1.74 bits per heavy atom. The largest absolute Gasteiger partial charge is 0.444 e. The van der Waals surface area contributed by atoms with Crippen molar-refractivity contribution in [2.45, 2.75) is 39.3 Å². The predicted molar refractivity (Wildman–Crippen MR) is 121 cm³/mol. The number of amides is 2. The molecule has 0 aliphatic rings. The van der Waals surface area contributed by atoms with Crippen molar-refractivity contribution in [3.8, 4) is 0 Å². The molecular formula is C23H25ClN4O3. The summed E-state index contributed by atoms with van der Waals surface area (Å²) in [5, 5.41) is 10.5. The van der Waals surface area contributed by atoms with Crippen LogP contribution in [0, 0.1) is 0 Å². The SMILES string of the molecule is CC(C)(C)OC(=O)Nc1ccc(CC(=O)Nc2ccnn2Cc2ccccc2Cl)cc1. The van der Waals surface area contributed by atoms with Crippen LogP contribution >= 0.6 is 11.6 Å². The van der Waals surface area contributed by atoms with Gasteiger partial charge in [0.15, 0.2) is 0 Å². The maximum absolute atomic E-state index is 12.5. The number of nitrogens with zero attached hydrogens (tertiary/aromatic N) is 2. The molecule has 0 bridgehead atoms. The number of hydrogen-bond acceptors (Lipinski definition) is 4. The van der Waals surface area contributed by atoms with Crippen molar-refractivity contribution in [3.63, 3.8) is 0 Å². The lowest BCUT2D eigenvalue weighted by atomic mass is 10.1. The molecule has 1 heterocycles. The van der Waals surface area contributed by atoms with Gasteiger partial charge in [0.05, 0.1) is 19.2 Å². The lowest BCUT2D eigenvalue weighted by molar-refractivity contribution is -0.115. The first-order valence-corrected chi connectivity index (χ1v) is 10.2. The minimum atomic E-state index is -0.569. The second-order valence-corrected chi connectivity index (χ2v) is 8.42. The first kappa shape index (κ1) is 22.4. The third-order valence-corrected chi connectivity index (χ3v) is 4.59. The third kappa shape index (κ3) is 6.86. The minimum absolute atomic E-state index is 0.172. The molecule has 0 spiro atoms. The van der Waals surface area contributed by atoms with Crippen LogP contribution in [0.1, 0.15) is 31.9 Å². The van der Waals surface area contributed by atoms with Gasteiger partial charge in [-0.25, -0.2) is 9.48 Å². The number of nitrogens with one attached hydrogen (secondary N) is 2. The van der Waals surface area contributed by atoms with Crippen molar-refractivity contribution < 1.29 is 14.3 Å². The number of benzene rings is 2. The number of carbonyl (C=O) groups is 2. The van der Waals surface area contributed by atoms with Crippen molar-refractivity contribution in [2.24, 2.45) is 0 Å².